The number of aromatic nitrogens is 1. The molecule has 1 aromatic carbocycles. The number of rotatable bonds is 5. The van der Waals surface area contributed by atoms with Gasteiger partial charge in [-0.15, -0.1) is 0 Å². The van der Waals surface area contributed by atoms with Gasteiger partial charge in [0.1, 0.15) is 0 Å². The molecule has 0 N–H and O–H groups in total. The molecule has 0 saturated carbocycles. The summed E-state index contributed by atoms with van der Waals surface area (Å²) in [6.07, 6.45) is 9.65. The number of anilines is 1. The number of carbonyl (C=O) groups excluding carboxylic acids is 1. The molecule has 0 aliphatic carbocycles. The van der Waals surface area contributed by atoms with Crippen LogP contribution < -0.4 is 4.90 Å². The number of esters is 1. The van der Waals surface area contributed by atoms with Crippen molar-refractivity contribution in [1.29, 1.82) is 0 Å². The van der Waals surface area contributed by atoms with E-state index in [1.54, 1.807) is 6.07 Å². The minimum atomic E-state index is -0.293. The predicted molar refractivity (Wildman–Crippen MR) is 106 cm³/mol. The highest BCUT2D eigenvalue weighted by Crippen LogP contribution is 2.25. The topological polar surface area (TPSA) is 42.4 Å². The number of hydrogen-bond donors (Lipinski definition) is 0. The van der Waals surface area contributed by atoms with E-state index in [0.29, 0.717) is 12.2 Å². The van der Waals surface area contributed by atoms with Crippen molar-refractivity contribution in [1.82, 2.24) is 4.98 Å². The minimum Gasteiger partial charge on any atom is -0.462 e. The van der Waals surface area contributed by atoms with Gasteiger partial charge in [0.05, 0.1) is 17.9 Å². The predicted octanol–water partition coefficient (Wildman–Crippen LogP) is 4.73. The Balaban J connectivity index is 1.84. The first-order valence-electron chi connectivity index (χ1n) is 9.35. The number of aryl methyl sites for hydroxylation is 1. The molecule has 4 heteroatoms. The fourth-order valence-corrected chi connectivity index (χ4v) is 3.31. The normalized spacial score (nSPS) is 14.6. The molecule has 0 bridgehead atoms. The molecular weight excluding hydrogens is 324 g/mol. The summed E-state index contributed by atoms with van der Waals surface area (Å²) >= 11 is 0. The van der Waals surface area contributed by atoms with Crippen molar-refractivity contribution in [2.24, 2.45) is 0 Å². The molecular formula is C22H26N2O2. The van der Waals surface area contributed by atoms with Gasteiger partial charge in [-0.2, -0.15) is 0 Å². The van der Waals surface area contributed by atoms with E-state index in [9.17, 15) is 4.79 Å². The largest absolute Gasteiger partial charge is 0.462 e. The number of pyridine rings is 1. The number of hydrogen-bond acceptors (Lipinski definition) is 4. The van der Waals surface area contributed by atoms with Crippen LogP contribution in [0.15, 0.2) is 36.5 Å². The third kappa shape index (κ3) is 4.31. The standard InChI is InChI=1S/C22H26N2O2/c1-3-26-22(25)20-10-6-5-9-18(20)11-12-19-15-21(17(2)16-23-19)24-13-7-4-8-14-24/h5-6,9-12,15-16H,3-4,7-8,13-14H2,1-2H3/b12-11+. The van der Waals surface area contributed by atoms with E-state index in [0.717, 1.165) is 24.3 Å². The van der Waals surface area contributed by atoms with Crippen LogP contribution in [-0.4, -0.2) is 30.6 Å². The highest BCUT2D eigenvalue weighted by molar-refractivity contribution is 5.94. The fraction of sp³-hybridized carbons (Fsp3) is 0.364. The van der Waals surface area contributed by atoms with Crippen molar-refractivity contribution < 1.29 is 9.53 Å². The average Bonchev–Trinajstić information content (AvgIpc) is 2.68. The molecule has 136 valence electrons. The van der Waals surface area contributed by atoms with E-state index in [1.165, 1.54) is 30.5 Å². The third-order valence-electron chi connectivity index (χ3n) is 4.68. The fourth-order valence-electron chi connectivity index (χ4n) is 3.31. The summed E-state index contributed by atoms with van der Waals surface area (Å²) < 4.78 is 5.14. The number of ether oxygens (including phenoxy) is 1. The van der Waals surface area contributed by atoms with Gasteiger partial charge < -0.3 is 9.64 Å². The Morgan fingerprint density at radius 3 is 2.73 bits per heavy atom. The molecule has 1 fully saturated rings. The van der Waals surface area contributed by atoms with Gasteiger partial charge >= 0.3 is 5.97 Å². The molecule has 0 atom stereocenters. The lowest BCUT2D eigenvalue weighted by Gasteiger charge is -2.30. The van der Waals surface area contributed by atoms with E-state index in [4.69, 9.17) is 4.74 Å². The summed E-state index contributed by atoms with van der Waals surface area (Å²) in [5.74, 6) is -0.293. The molecule has 0 amide bonds. The zero-order valence-electron chi connectivity index (χ0n) is 15.6. The second-order valence-corrected chi connectivity index (χ2v) is 6.58. The van der Waals surface area contributed by atoms with Crippen LogP contribution in [0.4, 0.5) is 5.69 Å². The maximum absolute atomic E-state index is 12.1. The van der Waals surface area contributed by atoms with E-state index in [1.807, 2.05) is 43.5 Å². The first-order valence-corrected chi connectivity index (χ1v) is 9.35. The van der Waals surface area contributed by atoms with Crippen LogP contribution >= 0.6 is 0 Å². The minimum absolute atomic E-state index is 0.293. The highest BCUT2D eigenvalue weighted by atomic mass is 16.5. The Hall–Kier alpha value is -2.62. The van der Waals surface area contributed by atoms with Gasteiger partial charge in [-0.05, 0) is 62.4 Å². The molecule has 2 aromatic rings. The third-order valence-corrected chi connectivity index (χ3v) is 4.68. The molecule has 2 heterocycles. The van der Waals surface area contributed by atoms with Crippen LogP contribution in [0.1, 0.15) is 53.4 Å². The van der Waals surface area contributed by atoms with Gasteiger partial charge in [-0.25, -0.2) is 4.79 Å². The summed E-state index contributed by atoms with van der Waals surface area (Å²) in [6, 6.07) is 9.62. The second-order valence-electron chi connectivity index (χ2n) is 6.58. The van der Waals surface area contributed by atoms with E-state index in [-0.39, 0.29) is 5.97 Å². The summed E-state index contributed by atoms with van der Waals surface area (Å²) in [6.45, 7) is 6.52. The summed E-state index contributed by atoms with van der Waals surface area (Å²) in [5, 5.41) is 0. The quantitative estimate of drug-likeness (QED) is 0.731. The average molecular weight is 350 g/mol. The zero-order valence-corrected chi connectivity index (χ0v) is 15.6. The maximum atomic E-state index is 12.1. The number of carbonyl (C=O) groups is 1. The smallest absolute Gasteiger partial charge is 0.338 e. The Kier molecular flexibility index (Phi) is 6.05. The van der Waals surface area contributed by atoms with Crippen LogP contribution in [0.2, 0.25) is 0 Å². The lowest BCUT2D eigenvalue weighted by atomic mass is 10.1. The zero-order chi connectivity index (χ0) is 18.4. The Morgan fingerprint density at radius 1 is 1.19 bits per heavy atom. The first-order chi connectivity index (χ1) is 12.7. The lowest BCUT2D eigenvalue weighted by Crippen LogP contribution is -2.30. The van der Waals surface area contributed by atoms with Crippen LogP contribution in [-0.2, 0) is 4.74 Å². The molecule has 3 rings (SSSR count). The van der Waals surface area contributed by atoms with Gasteiger partial charge in [0.25, 0.3) is 0 Å². The monoisotopic (exact) mass is 350 g/mol. The Morgan fingerprint density at radius 2 is 1.96 bits per heavy atom. The van der Waals surface area contributed by atoms with Crippen LogP contribution in [0.25, 0.3) is 12.2 Å². The Labute approximate surface area is 155 Å². The molecule has 1 aromatic heterocycles. The summed E-state index contributed by atoms with van der Waals surface area (Å²) in [5.41, 5.74) is 4.78. The van der Waals surface area contributed by atoms with Gasteiger partial charge in [0.2, 0.25) is 0 Å². The lowest BCUT2D eigenvalue weighted by molar-refractivity contribution is 0.0526. The van der Waals surface area contributed by atoms with Crippen molar-refractivity contribution >= 4 is 23.8 Å². The first kappa shape index (κ1) is 18.2. The highest BCUT2D eigenvalue weighted by Gasteiger charge is 2.14. The van der Waals surface area contributed by atoms with Gasteiger partial charge in [0, 0.05) is 25.0 Å². The molecule has 4 nitrogen and oxygen atoms in total. The maximum Gasteiger partial charge on any atom is 0.338 e. The second kappa shape index (κ2) is 8.65. The van der Waals surface area contributed by atoms with Crippen LogP contribution in [0.3, 0.4) is 0 Å². The SMILES string of the molecule is CCOC(=O)c1ccccc1/C=C/c1cc(N2CCCCC2)c(C)cn1. The molecule has 1 aliphatic heterocycles. The van der Waals surface area contributed by atoms with Gasteiger partial charge in [-0.1, -0.05) is 24.3 Å². The molecule has 1 aliphatic rings. The molecule has 0 radical (unpaired) electrons. The van der Waals surface area contributed by atoms with Crippen molar-refractivity contribution in [3.05, 3.63) is 58.9 Å². The van der Waals surface area contributed by atoms with Crippen molar-refractivity contribution in [3.63, 3.8) is 0 Å². The molecule has 0 unspecified atom stereocenters. The number of nitrogens with zero attached hydrogens (tertiary/aromatic N) is 2. The summed E-state index contributed by atoms with van der Waals surface area (Å²) in [7, 11) is 0. The van der Waals surface area contributed by atoms with E-state index >= 15 is 0 Å². The van der Waals surface area contributed by atoms with Gasteiger partial charge in [0.15, 0.2) is 0 Å². The van der Waals surface area contributed by atoms with E-state index < -0.39 is 0 Å². The van der Waals surface area contributed by atoms with Crippen LogP contribution in [0.5, 0.6) is 0 Å². The number of benzene rings is 1. The molecule has 26 heavy (non-hydrogen) atoms. The Bertz CT molecular complexity index is 792. The van der Waals surface area contributed by atoms with Crippen LogP contribution in [0, 0.1) is 6.92 Å². The van der Waals surface area contributed by atoms with Gasteiger partial charge in [-0.3, -0.25) is 4.98 Å². The van der Waals surface area contributed by atoms with E-state index in [2.05, 4.69) is 22.9 Å². The van der Waals surface area contributed by atoms with Crippen molar-refractivity contribution in [2.45, 2.75) is 33.1 Å². The summed E-state index contributed by atoms with van der Waals surface area (Å²) in [4.78, 5) is 19.1. The molecule has 1 saturated heterocycles. The number of piperidine rings is 1. The van der Waals surface area contributed by atoms with Crippen molar-refractivity contribution in [2.75, 3.05) is 24.6 Å². The van der Waals surface area contributed by atoms with Crippen molar-refractivity contribution in [3.8, 4) is 0 Å². The molecule has 0 spiro atoms.